The van der Waals surface area contributed by atoms with E-state index in [1.807, 2.05) is 54.8 Å². The molecule has 0 unspecified atom stereocenters. The first-order valence-corrected chi connectivity index (χ1v) is 11.1. The van der Waals surface area contributed by atoms with Gasteiger partial charge in [-0.1, -0.05) is 39.8 Å². The fourth-order valence-corrected chi connectivity index (χ4v) is 3.90. The monoisotopic (exact) mass is 486 g/mol. The molecule has 0 aliphatic carbocycles. The summed E-state index contributed by atoms with van der Waals surface area (Å²) >= 11 is 4.71. The number of ether oxygens (including phenoxy) is 1. The molecule has 8 heteroatoms. The molecule has 1 N–H and O–H groups in total. The third kappa shape index (κ3) is 6.21. The number of nitrogens with zero attached hydrogens (tertiary/aromatic N) is 3. The van der Waals surface area contributed by atoms with E-state index < -0.39 is 0 Å². The van der Waals surface area contributed by atoms with Crippen LogP contribution in [0.4, 0.5) is 5.69 Å². The van der Waals surface area contributed by atoms with Gasteiger partial charge in [0.15, 0.2) is 11.0 Å². The molecule has 30 heavy (non-hydrogen) atoms. The quantitative estimate of drug-likeness (QED) is 0.334. The van der Waals surface area contributed by atoms with Gasteiger partial charge in [-0.15, -0.1) is 16.8 Å². The number of carbonyl (C=O) groups excluding carboxylic acids is 1. The summed E-state index contributed by atoms with van der Waals surface area (Å²) in [6, 6.07) is 13.5. The molecule has 0 aliphatic rings. The number of aromatic nitrogens is 3. The zero-order valence-corrected chi connectivity index (χ0v) is 19.3. The predicted molar refractivity (Wildman–Crippen MR) is 124 cm³/mol. The molecule has 0 fully saturated rings. The highest BCUT2D eigenvalue weighted by Crippen LogP contribution is 2.21. The van der Waals surface area contributed by atoms with Crippen molar-refractivity contribution in [1.82, 2.24) is 14.8 Å². The van der Waals surface area contributed by atoms with Crippen molar-refractivity contribution in [2.45, 2.75) is 32.2 Å². The third-order valence-electron chi connectivity index (χ3n) is 4.13. The van der Waals surface area contributed by atoms with E-state index in [1.165, 1.54) is 11.8 Å². The standard InChI is InChI=1S/C22H23BrN4O2S/c1-4-9-27-20(13-29-19-11-15(2)10-16(3)12-19)25-26-22(27)30-14-21(28)24-18-7-5-17(23)6-8-18/h4-8,10-12H,1,9,13-14H2,2-3H3,(H,24,28). The van der Waals surface area contributed by atoms with Crippen molar-refractivity contribution >= 4 is 39.3 Å². The second kappa shape index (κ2) is 10.4. The lowest BCUT2D eigenvalue weighted by molar-refractivity contribution is -0.113. The van der Waals surface area contributed by atoms with E-state index >= 15 is 0 Å². The van der Waals surface area contributed by atoms with Gasteiger partial charge >= 0.3 is 0 Å². The minimum atomic E-state index is -0.108. The lowest BCUT2D eigenvalue weighted by Gasteiger charge is -2.10. The van der Waals surface area contributed by atoms with E-state index in [1.54, 1.807) is 6.08 Å². The van der Waals surface area contributed by atoms with Crippen molar-refractivity contribution in [3.05, 3.63) is 76.5 Å². The molecule has 3 aromatic rings. The third-order valence-corrected chi connectivity index (χ3v) is 5.62. The van der Waals surface area contributed by atoms with E-state index in [9.17, 15) is 4.79 Å². The summed E-state index contributed by atoms with van der Waals surface area (Å²) < 4.78 is 8.79. The number of nitrogens with one attached hydrogen (secondary N) is 1. The van der Waals surface area contributed by atoms with Crippen molar-refractivity contribution in [1.29, 1.82) is 0 Å². The van der Waals surface area contributed by atoms with Crippen LogP contribution in [-0.4, -0.2) is 26.4 Å². The number of anilines is 1. The SMILES string of the molecule is C=CCn1c(COc2cc(C)cc(C)c2)nnc1SCC(=O)Nc1ccc(Br)cc1. The summed E-state index contributed by atoms with van der Waals surface area (Å²) in [6.07, 6.45) is 1.77. The summed E-state index contributed by atoms with van der Waals surface area (Å²) in [4.78, 5) is 12.3. The van der Waals surface area contributed by atoms with Crippen molar-refractivity contribution in [2.24, 2.45) is 0 Å². The Bertz CT molecular complexity index is 1010. The summed E-state index contributed by atoms with van der Waals surface area (Å²) in [5.41, 5.74) is 3.04. The van der Waals surface area contributed by atoms with Crippen LogP contribution in [0.1, 0.15) is 17.0 Å². The Morgan fingerprint density at radius 3 is 2.57 bits per heavy atom. The summed E-state index contributed by atoms with van der Waals surface area (Å²) in [6.45, 7) is 8.70. The van der Waals surface area contributed by atoms with E-state index in [-0.39, 0.29) is 18.3 Å². The van der Waals surface area contributed by atoms with Gasteiger partial charge in [0.05, 0.1) is 5.75 Å². The van der Waals surface area contributed by atoms with Crippen LogP contribution < -0.4 is 10.1 Å². The molecule has 0 radical (unpaired) electrons. The molecule has 156 valence electrons. The van der Waals surface area contributed by atoms with Crippen LogP contribution in [-0.2, 0) is 17.9 Å². The Morgan fingerprint density at radius 2 is 1.90 bits per heavy atom. The molecule has 0 bridgehead atoms. The van der Waals surface area contributed by atoms with Crippen LogP contribution in [0.3, 0.4) is 0 Å². The second-order valence-electron chi connectivity index (χ2n) is 6.75. The van der Waals surface area contributed by atoms with Gasteiger partial charge in [-0.3, -0.25) is 9.36 Å². The number of halogens is 1. The highest BCUT2D eigenvalue weighted by atomic mass is 79.9. The van der Waals surface area contributed by atoms with Crippen LogP contribution >= 0.6 is 27.7 Å². The fourth-order valence-electron chi connectivity index (χ4n) is 2.87. The average molecular weight is 487 g/mol. The van der Waals surface area contributed by atoms with Gasteiger partial charge in [0.2, 0.25) is 5.91 Å². The Morgan fingerprint density at radius 1 is 1.20 bits per heavy atom. The van der Waals surface area contributed by atoms with Crippen LogP contribution in [0.15, 0.2) is 64.7 Å². The van der Waals surface area contributed by atoms with Gasteiger partial charge in [0, 0.05) is 16.7 Å². The Kier molecular flexibility index (Phi) is 7.70. The van der Waals surface area contributed by atoms with Crippen LogP contribution in [0.2, 0.25) is 0 Å². The van der Waals surface area contributed by atoms with E-state index in [0.717, 1.165) is 27.0 Å². The molecule has 1 amide bonds. The zero-order chi connectivity index (χ0) is 21.5. The Hall–Kier alpha value is -2.58. The van der Waals surface area contributed by atoms with E-state index in [4.69, 9.17) is 4.74 Å². The highest BCUT2D eigenvalue weighted by Gasteiger charge is 2.14. The first kappa shape index (κ1) is 22.1. The normalized spacial score (nSPS) is 10.6. The van der Waals surface area contributed by atoms with E-state index in [0.29, 0.717) is 17.5 Å². The number of amides is 1. The predicted octanol–water partition coefficient (Wildman–Crippen LogP) is 5.15. The second-order valence-corrected chi connectivity index (χ2v) is 8.61. The number of thioether (sulfide) groups is 1. The molecule has 1 aromatic heterocycles. The van der Waals surface area contributed by atoms with Gasteiger partial charge in [0.1, 0.15) is 12.4 Å². The average Bonchev–Trinajstić information content (AvgIpc) is 3.08. The van der Waals surface area contributed by atoms with Gasteiger partial charge in [-0.05, 0) is 61.4 Å². The van der Waals surface area contributed by atoms with Gasteiger partial charge in [0.25, 0.3) is 0 Å². The largest absolute Gasteiger partial charge is 0.486 e. The molecule has 0 saturated carbocycles. The first-order chi connectivity index (χ1) is 14.4. The topological polar surface area (TPSA) is 69.0 Å². The van der Waals surface area contributed by atoms with Crippen molar-refractivity contribution in [3.8, 4) is 5.75 Å². The molecule has 6 nitrogen and oxygen atoms in total. The molecule has 2 aromatic carbocycles. The van der Waals surface area contributed by atoms with Crippen LogP contribution in [0.25, 0.3) is 0 Å². The number of carbonyl (C=O) groups is 1. The van der Waals surface area contributed by atoms with E-state index in [2.05, 4.69) is 44.1 Å². The van der Waals surface area contributed by atoms with Gasteiger partial charge in [-0.25, -0.2) is 0 Å². The molecule has 0 spiro atoms. The lowest BCUT2D eigenvalue weighted by atomic mass is 10.1. The molecule has 0 saturated heterocycles. The molecule has 3 rings (SSSR count). The minimum absolute atomic E-state index is 0.108. The Balaban J connectivity index is 1.62. The maximum atomic E-state index is 12.3. The minimum Gasteiger partial charge on any atom is -0.486 e. The molecule has 1 heterocycles. The highest BCUT2D eigenvalue weighted by molar-refractivity contribution is 9.10. The number of hydrogen-bond acceptors (Lipinski definition) is 5. The van der Waals surface area contributed by atoms with Gasteiger partial charge in [-0.2, -0.15) is 0 Å². The molecule has 0 aliphatic heterocycles. The number of benzene rings is 2. The maximum absolute atomic E-state index is 12.3. The summed E-state index contributed by atoms with van der Waals surface area (Å²) in [7, 11) is 0. The smallest absolute Gasteiger partial charge is 0.234 e. The Labute approximate surface area is 188 Å². The maximum Gasteiger partial charge on any atom is 0.234 e. The van der Waals surface area contributed by atoms with Crippen molar-refractivity contribution in [3.63, 3.8) is 0 Å². The van der Waals surface area contributed by atoms with Crippen molar-refractivity contribution < 1.29 is 9.53 Å². The van der Waals surface area contributed by atoms with Gasteiger partial charge < -0.3 is 10.1 Å². The zero-order valence-electron chi connectivity index (χ0n) is 16.9. The summed E-state index contributed by atoms with van der Waals surface area (Å²) in [5, 5.41) is 12.0. The fraction of sp³-hybridized carbons (Fsp3) is 0.227. The number of hydrogen-bond donors (Lipinski definition) is 1. The lowest BCUT2D eigenvalue weighted by Crippen LogP contribution is -2.15. The number of aryl methyl sites for hydroxylation is 2. The first-order valence-electron chi connectivity index (χ1n) is 9.37. The van der Waals surface area contributed by atoms with Crippen molar-refractivity contribution in [2.75, 3.05) is 11.1 Å². The molecule has 0 atom stereocenters. The van der Waals surface area contributed by atoms with Crippen LogP contribution in [0, 0.1) is 13.8 Å². The summed E-state index contributed by atoms with van der Waals surface area (Å²) in [5.74, 6) is 1.60. The molecular formula is C22H23BrN4O2S. The molecular weight excluding hydrogens is 464 g/mol. The number of rotatable bonds is 9. The van der Waals surface area contributed by atoms with Crippen LogP contribution in [0.5, 0.6) is 5.75 Å². The number of allylic oxidation sites excluding steroid dienone is 1.